The average molecular weight is 298 g/mol. The molecule has 0 saturated heterocycles. The molecule has 0 aliphatic heterocycles. The van der Waals surface area contributed by atoms with Gasteiger partial charge in [0.25, 0.3) is 5.91 Å². The lowest BCUT2D eigenvalue weighted by Crippen LogP contribution is -2.25. The van der Waals surface area contributed by atoms with E-state index in [9.17, 15) is 4.79 Å². The molecule has 1 aromatic heterocycles. The zero-order valence-corrected chi connectivity index (χ0v) is 13.1. The molecule has 0 unspecified atom stereocenters. The van der Waals surface area contributed by atoms with E-state index in [-0.39, 0.29) is 5.91 Å². The van der Waals surface area contributed by atoms with E-state index >= 15 is 0 Å². The van der Waals surface area contributed by atoms with Gasteiger partial charge in [-0.15, -0.1) is 0 Å². The van der Waals surface area contributed by atoms with Crippen molar-refractivity contribution in [2.24, 2.45) is 0 Å². The molecule has 0 radical (unpaired) electrons. The molecule has 5 heteroatoms. The lowest BCUT2D eigenvalue weighted by Gasteiger charge is -2.07. The van der Waals surface area contributed by atoms with Crippen LogP contribution in [0.1, 0.15) is 42.7 Å². The van der Waals surface area contributed by atoms with Crippen LogP contribution in [0.3, 0.4) is 0 Å². The van der Waals surface area contributed by atoms with E-state index in [1.54, 1.807) is 12.3 Å². The van der Waals surface area contributed by atoms with Crippen molar-refractivity contribution >= 4 is 17.5 Å². The first-order valence-corrected chi connectivity index (χ1v) is 7.70. The Morgan fingerprint density at radius 3 is 2.59 bits per heavy atom. The first-order chi connectivity index (χ1) is 10.7. The molecule has 0 spiro atoms. The van der Waals surface area contributed by atoms with Crippen LogP contribution in [-0.4, -0.2) is 22.4 Å². The zero-order valence-electron chi connectivity index (χ0n) is 13.1. The van der Waals surface area contributed by atoms with Crippen molar-refractivity contribution in [1.82, 2.24) is 15.3 Å². The Balaban J connectivity index is 2.02. The summed E-state index contributed by atoms with van der Waals surface area (Å²) in [5.41, 5.74) is 2.55. The summed E-state index contributed by atoms with van der Waals surface area (Å²) in [6, 6.07) is 9.70. The fourth-order valence-corrected chi connectivity index (χ4v) is 1.97. The minimum Gasteiger partial charge on any atom is -0.351 e. The number of hydrogen-bond acceptors (Lipinski definition) is 4. The number of carbonyl (C=O) groups is 1. The fourth-order valence-electron chi connectivity index (χ4n) is 1.97. The van der Waals surface area contributed by atoms with E-state index in [2.05, 4.69) is 46.6 Å². The molecule has 22 heavy (non-hydrogen) atoms. The third-order valence-electron chi connectivity index (χ3n) is 3.32. The number of carbonyl (C=O) groups excluding carboxylic acids is 1. The molecule has 1 heterocycles. The predicted molar refractivity (Wildman–Crippen MR) is 88.4 cm³/mol. The number of hydrogen-bond donors (Lipinski definition) is 2. The van der Waals surface area contributed by atoms with Crippen molar-refractivity contribution in [1.29, 1.82) is 0 Å². The van der Waals surface area contributed by atoms with Crippen LogP contribution in [-0.2, 0) is 6.42 Å². The third-order valence-corrected chi connectivity index (χ3v) is 3.32. The Hall–Kier alpha value is -2.43. The quantitative estimate of drug-likeness (QED) is 0.770. The van der Waals surface area contributed by atoms with Gasteiger partial charge >= 0.3 is 0 Å². The molecular weight excluding hydrogens is 276 g/mol. The van der Waals surface area contributed by atoms with E-state index in [0.717, 1.165) is 24.9 Å². The van der Waals surface area contributed by atoms with Gasteiger partial charge in [-0.1, -0.05) is 32.4 Å². The number of nitrogens with zero attached hydrogens (tertiary/aromatic N) is 2. The fraction of sp³-hybridized carbons (Fsp3) is 0.353. The maximum atomic E-state index is 12.0. The molecule has 5 nitrogen and oxygen atoms in total. The first-order valence-electron chi connectivity index (χ1n) is 7.70. The van der Waals surface area contributed by atoms with Gasteiger partial charge in [-0.25, -0.2) is 9.97 Å². The summed E-state index contributed by atoms with van der Waals surface area (Å²) < 4.78 is 0. The topological polar surface area (TPSA) is 66.9 Å². The second kappa shape index (κ2) is 8.12. The molecule has 0 saturated carbocycles. The highest BCUT2D eigenvalue weighted by Gasteiger charge is 2.08. The third kappa shape index (κ3) is 4.55. The number of aryl methyl sites for hydroxylation is 1. The SMILES string of the molecule is CCCCNC(=O)c1ccnc(Nc2ccc(CC)cc2)n1. The van der Waals surface area contributed by atoms with E-state index in [0.29, 0.717) is 18.2 Å². The summed E-state index contributed by atoms with van der Waals surface area (Å²) in [5, 5.41) is 5.96. The molecule has 0 bridgehead atoms. The lowest BCUT2D eigenvalue weighted by molar-refractivity contribution is 0.0948. The lowest BCUT2D eigenvalue weighted by atomic mass is 10.1. The maximum Gasteiger partial charge on any atom is 0.270 e. The van der Waals surface area contributed by atoms with Crippen molar-refractivity contribution in [3.8, 4) is 0 Å². The largest absolute Gasteiger partial charge is 0.351 e. The smallest absolute Gasteiger partial charge is 0.270 e. The molecule has 2 aromatic rings. The highest BCUT2D eigenvalue weighted by atomic mass is 16.1. The molecule has 0 fully saturated rings. The van der Waals surface area contributed by atoms with Crippen LogP contribution in [0.25, 0.3) is 0 Å². The molecule has 0 aliphatic carbocycles. The summed E-state index contributed by atoms with van der Waals surface area (Å²) >= 11 is 0. The zero-order chi connectivity index (χ0) is 15.8. The van der Waals surface area contributed by atoms with Gasteiger partial charge in [-0.2, -0.15) is 0 Å². The van der Waals surface area contributed by atoms with Crippen molar-refractivity contribution in [2.45, 2.75) is 33.1 Å². The van der Waals surface area contributed by atoms with E-state index < -0.39 is 0 Å². The Labute approximate surface area is 131 Å². The number of rotatable bonds is 7. The van der Waals surface area contributed by atoms with Crippen molar-refractivity contribution in [2.75, 3.05) is 11.9 Å². The maximum absolute atomic E-state index is 12.0. The number of amides is 1. The number of anilines is 2. The average Bonchev–Trinajstić information content (AvgIpc) is 2.56. The summed E-state index contributed by atoms with van der Waals surface area (Å²) in [6.07, 6.45) is 4.60. The minimum absolute atomic E-state index is 0.166. The van der Waals surface area contributed by atoms with E-state index in [1.807, 2.05) is 12.1 Å². The number of nitrogens with one attached hydrogen (secondary N) is 2. The van der Waals surface area contributed by atoms with Crippen molar-refractivity contribution in [3.63, 3.8) is 0 Å². The van der Waals surface area contributed by atoms with E-state index in [4.69, 9.17) is 0 Å². The first kappa shape index (κ1) is 15.9. The Kier molecular flexibility index (Phi) is 5.89. The molecule has 2 rings (SSSR count). The molecular formula is C17H22N4O. The number of unbranched alkanes of at least 4 members (excludes halogenated alkanes) is 1. The predicted octanol–water partition coefficient (Wildman–Crippen LogP) is 3.31. The van der Waals surface area contributed by atoms with Gasteiger partial charge in [-0.05, 0) is 36.6 Å². The minimum atomic E-state index is -0.166. The molecule has 1 aromatic carbocycles. The van der Waals surface area contributed by atoms with Crippen LogP contribution in [0, 0.1) is 0 Å². The second-order valence-corrected chi connectivity index (χ2v) is 5.05. The van der Waals surface area contributed by atoms with Crippen LogP contribution in [0.4, 0.5) is 11.6 Å². The van der Waals surface area contributed by atoms with Gasteiger partial charge in [0.2, 0.25) is 5.95 Å². The van der Waals surface area contributed by atoms with Crippen LogP contribution < -0.4 is 10.6 Å². The molecule has 2 N–H and O–H groups in total. The van der Waals surface area contributed by atoms with Crippen LogP contribution in [0.2, 0.25) is 0 Å². The highest BCUT2D eigenvalue weighted by molar-refractivity contribution is 5.92. The second-order valence-electron chi connectivity index (χ2n) is 5.05. The molecule has 1 amide bonds. The summed E-state index contributed by atoms with van der Waals surface area (Å²) in [5.74, 6) is 0.257. The highest BCUT2D eigenvalue weighted by Crippen LogP contribution is 2.14. The van der Waals surface area contributed by atoms with Crippen molar-refractivity contribution < 1.29 is 4.79 Å². The van der Waals surface area contributed by atoms with Gasteiger partial charge in [0, 0.05) is 18.4 Å². The standard InChI is InChI=1S/C17H22N4O/c1-3-5-11-18-16(22)15-10-12-19-17(21-15)20-14-8-6-13(4-2)7-9-14/h6-10,12H,3-5,11H2,1-2H3,(H,18,22)(H,19,20,21). The summed E-state index contributed by atoms with van der Waals surface area (Å²) in [7, 11) is 0. The normalized spacial score (nSPS) is 10.3. The van der Waals surface area contributed by atoms with Crippen LogP contribution >= 0.6 is 0 Å². The van der Waals surface area contributed by atoms with Crippen LogP contribution in [0.15, 0.2) is 36.5 Å². The summed E-state index contributed by atoms with van der Waals surface area (Å²) in [6.45, 7) is 4.87. The Morgan fingerprint density at radius 1 is 1.14 bits per heavy atom. The molecule has 116 valence electrons. The molecule has 0 aliphatic rings. The number of aromatic nitrogens is 2. The van der Waals surface area contributed by atoms with Crippen molar-refractivity contribution in [3.05, 3.63) is 47.8 Å². The molecule has 0 atom stereocenters. The van der Waals surface area contributed by atoms with Gasteiger partial charge in [0.1, 0.15) is 5.69 Å². The van der Waals surface area contributed by atoms with Gasteiger partial charge < -0.3 is 10.6 Å². The van der Waals surface area contributed by atoms with Gasteiger partial charge in [-0.3, -0.25) is 4.79 Å². The Morgan fingerprint density at radius 2 is 1.91 bits per heavy atom. The monoisotopic (exact) mass is 298 g/mol. The number of benzene rings is 1. The Bertz CT molecular complexity index is 610. The van der Waals surface area contributed by atoms with Crippen LogP contribution in [0.5, 0.6) is 0 Å². The summed E-state index contributed by atoms with van der Waals surface area (Å²) in [4.78, 5) is 20.4. The van der Waals surface area contributed by atoms with Gasteiger partial charge in [0.05, 0.1) is 0 Å². The van der Waals surface area contributed by atoms with Gasteiger partial charge in [0.15, 0.2) is 0 Å². The van der Waals surface area contributed by atoms with E-state index in [1.165, 1.54) is 5.56 Å².